The summed E-state index contributed by atoms with van der Waals surface area (Å²) in [6.07, 6.45) is 6.84. The highest BCUT2D eigenvalue weighted by Gasteiger charge is 2.19. The van der Waals surface area contributed by atoms with Gasteiger partial charge in [-0.25, -0.2) is 9.07 Å². The largest absolute Gasteiger partial charge is 0.492 e. The summed E-state index contributed by atoms with van der Waals surface area (Å²) < 4.78 is 22.5. The zero-order valence-corrected chi connectivity index (χ0v) is 16.0. The van der Waals surface area contributed by atoms with Crippen LogP contribution in [0.5, 0.6) is 5.75 Å². The number of ether oxygens (including phenoxy) is 1. The van der Waals surface area contributed by atoms with Crippen LogP contribution in [0.1, 0.15) is 43.1 Å². The highest BCUT2D eigenvalue weighted by molar-refractivity contribution is 5.38. The number of aromatic nitrogens is 5. The van der Waals surface area contributed by atoms with Gasteiger partial charge in [-0.05, 0) is 50.1 Å². The van der Waals surface area contributed by atoms with E-state index >= 15 is 0 Å². The van der Waals surface area contributed by atoms with E-state index in [4.69, 9.17) is 4.74 Å². The van der Waals surface area contributed by atoms with Crippen LogP contribution in [0.15, 0.2) is 36.5 Å². The standard InChI is InChI=1S/C20H25FN6O/c1-15-20(22-14-18-10-11-23-27(18)17-4-2-3-5-17)24-25-26(15)12-13-28-19-8-6-16(21)7-9-19/h6-11,17,22H,2-5,12-14H2,1H3. The van der Waals surface area contributed by atoms with Crippen molar-refractivity contribution in [3.05, 3.63) is 53.7 Å². The first kappa shape index (κ1) is 18.5. The molecule has 0 saturated heterocycles. The van der Waals surface area contributed by atoms with Gasteiger partial charge in [-0.1, -0.05) is 18.1 Å². The van der Waals surface area contributed by atoms with Crippen molar-refractivity contribution in [3.63, 3.8) is 0 Å². The van der Waals surface area contributed by atoms with E-state index in [2.05, 4.69) is 31.5 Å². The molecule has 8 heteroatoms. The second-order valence-corrected chi connectivity index (χ2v) is 7.11. The van der Waals surface area contributed by atoms with Crippen LogP contribution in [0.25, 0.3) is 0 Å². The number of hydrogen-bond donors (Lipinski definition) is 1. The average molecular weight is 384 g/mol. The molecule has 2 aromatic heterocycles. The van der Waals surface area contributed by atoms with Crippen molar-refractivity contribution in [1.82, 2.24) is 24.8 Å². The smallest absolute Gasteiger partial charge is 0.171 e. The van der Waals surface area contributed by atoms with Crippen LogP contribution in [0.3, 0.4) is 0 Å². The second kappa shape index (κ2) is 8.41. The molecule has 148 valence electrons. The van der Waals surface area contributed by atoms with Gasteiger partial charge in [-0.2, -0.15) is 5.10 Å². The lowest BCUT2D eigenvalue weighted by atomic mass is 10.2. The van der Waals surface area contributed by atoms with Crippen LogP contribution in [-0.4, -0.2) is 31.4 Å². The SMILES string of the molecule is Cc1c(NCc2ccnn2C2CCCC2)nnn1CCOc1ccc(F)cc1. The van der Waals surface area contributed by atoms with E-state index in [1.807, 2.05) is 13.1 Å². The maximum absolute atomic E-state index is 12.9. The Morgan fingerprint density at radius 1 is 1.18 bits per heavy atom. The van der Waals surface area contributed by atoms with Crippen molar-refractivity contribution in [1.29, 1.82) is 0 Å². The van der Waals surface area contributed by atoms with E-state index in [0.29, 0.717) is 31.5 Å². The Kier molecular flexibility index (Phi) is 5.55. The first-order chi connectivity index (χ1) is 13.7. The Morgan fingerprint density at radius 2 is 1.96 bits per heavy atom. The van der Waals surface area contributed by atoms with E-state index in [0.717, 1.165) is 11.5 Å². The minimum absolute atomic E-state index is 0.274. The topological polar surface area (TPSA) is 69.8 Å². The molecular weight excluding hydrogens is 359 g/mol. The molecule has 0 radical (unpaired) electrons. The molecule has 4 rings (SSSR count). The molecule has 0 bridgehead atoms. The third-order valence-corrected chi connectivity index (χ3v) is 5.23. The number of benzene rings is 1. The van der Waals surface area contributed by atoms with Gasteiger partial charge >= 0.3 is 0 Å². The number of anilines is 1. The van der Waals surface area contributed by atoms with Gasteiger partial charge in [-0.3, -0.25) is 4.68 Å². The Balaban J connectivity index is 1.31. The summed E-state index contributed by atoms with van der Waals surface area (Å²) in [6, 6.07) is 8.57. The van der Waals surface area contributed by atoms with Crippen molar-refractivity contribution in [2.24, 2.45) is 0 Å². The maximum atomic E-state index is 12.9. The summed E-state index contributed by atoms with van der Waals surface area (Å²) in [4.78, 5) is 0. The Labute approximate surface area is 163 Å². The molecule has 3 aromatic rings. The Hall–Kier alpha value is -2.90. The molecule has 1 aromatic carbocycles. The van der Waals surface area contributed by atoms with Gasteiger partial charge in [0.15, 0.2) is 5.82 Å². The van der Waals surface area contributed by atoms with Gasteiger partial charge in [0.25, 0.3) is 0 Å². The number of nitrogens with zero attached hydrogens (tertiary/aromatic N) is 5. The zero-order chi connectivity index (χ0) is 19.3. The first-order valence-electron chi connectivity index (χ1n) is 9.75. The number of nitrogens with one attached hydrogen (secondary N) is 1. The zero-order valence-electron chi connectivity index (χ0n) is 16.0. The minimum atomic E-state index is -0.274. The average Bonchev–Trinajstić information content (AvgIpc) is 3.44. The van der Waals surface area contributed by atoms with Gasteiger partial charge in [0.1, 0.15) is 18.2 Å². The molecule has 0 spiro atoms. The molecule has 1 aliphatic rings. The number of halogens is 1. The van der Waals surface area contributed by atoms with E-state index in [-0.39, 0.29) is 5.82 Å². The molecule has 1 aliphatic carbocycles. The summed E-state index contributed by atoms with van der Waals surface area (Å²) >= 11 is 0. The van der Waals surface area contributed by atoms with E-state index in [1.54, 1.807) is 16.8 Å². The van der Waals surface area contributed by atoms with Gasteiger partial charge in [0, 0.05) is 6.20 Å². The van der Waals surface area contributed by atoms with E-state index < -0.39 is 0 Å². The van der Waals surface area contributed by atoms with Crippen molar-refractivity contribution in [2.45, 2.75) is 51.7 Å². The number of hydrogen-bond acceptors (Lipinski definition) is 5. The van der Waals surface area contributed by atoms with Gasteiger partial charge in [0.2, 0.25) is 0 Å². The molecule has 1 saturated carbocycles. The molecular formula is C20H25FN6O. The Bertz CT molecular complexity index is 898. The van der Waals surface area contributed by atoms with Gasteiger partial charge in [0.05, 0.1) is 30.5 Å². The lowest BCUT2D eigenvalue weighted by Gasteiger charge is -2.14. The first-order valence-corrected chi connectivity index (χ1v) is 9.75. The van der Waals surface area contributed by atoms with E-state index in [9.17, 15) is 4.39 Å². The molecule has 28 heavy (non-hydrogen) atoms. The summed E-state index contributed by atoms with van der Waals surface area (Å²) in [6.45, 7) is 3.65. The second-order valence-electron chi connectivity index (χ2n) is 7.11. The monoisotopic (exact) mass is 384 g/mol. The van der Waals surface area contributed by atoms with Gasteiger partial charge < -0.3 is 10.1 Å². The van der Waals surface area contributed by atoms with Crippen LogP contribution < -0.4 is 10.1 Å². The normalized spacial score (nSPS) is 14.5. The predicted molar refractivity (Wildman–Crippen MR) is 104 cm³/mol. The van der Waals surface area contributed by atoms with Crippen LogP contribution in [-0.2, 0) is 13.1 Å². The maximum Gasteiger partial charge on any atom is 0.171 e. The van der Waals surface area contributed by atoms with Crippen molar-refractivity contribution in [2.75, 3.05) is 11.9 Å². The molecule has 0 amide bonds. The van der Waals surface area contributed by atoms with Crippen LogP contribution in [0.4, 0.5) is 10.2 Å². The molecule has 0 atom stereocenters. The fourth-order valence-corrected chi connectivity index (χ4v) is 3.65. The minimum Gasteiger partial charge on any atom is -0.492 e. The quantitative estimate of drug-likeness (QED) is 0.641. The van der Waals surface area contributed by atoms with Crippen LogP contribution in [0, 0.1) is 12.7 Å². The highest BCUT2D eigenvalue weighted by Crippen LogP contribution is 2.30. The van der Waals surface area contributed by atoms with Crippen molar-refractivity contribution in [3.8, 4) is 5.75 Å². The molecule has 0 aliphatic heterocycles. The van der Waals surface area contributed by atoms with Crippen molar-refractivity contribution < 1.29 is 9.13 Å². The lowest BCUT2D eigenvalue weighted by Crippen LogP contribution is -2.14. The fourth-order valence-electron chi connectivity index (χ4n) is 3.65. The Morgan fingerprint density at radius 3 is 2.75 bits per heavy atom. The fraction of sp³-hybridized carbons (Fsp3) is 0.450. The van der Waals surface area contributed by atoms with Gasteiger partial charge in [-0.15, -0.1) is 5.10 Å². The molecule has 1 fully saturated rings. The summed E-state index contributed by atoms with van der Waals surface area (Å²) in [5, 5.41) is 16.3. The highest BCUT2D eigenvalue weighted by atomic mass is 19.1. The van der Waals surface area contributed by atoms with Crippen LogP contribution >= 0.6 is 0 Å². The third-order valence-electron chi connectivity index (χ3n) is 5.23. The molecule has 2 heterocycles. The van der Waals surface area contributed by atoms with Crippen LogP contribution in [0.2, 0.25) is 0 Å². The van der Waals surface area contributed by atoms with E-state index in [1.165, 1.54) is 43.5 Å². The lowest BCUT2D eigenvalue weighted by molar-refractivity contribution is 0.288. The van der Waals surface area contributed by atoms with Crippen molar-refractivity contribution >= 4 is 5.82 Å². The molecule has 0 unspecified atom stereocenters. The summed E-state index contributed by atoms with van der Waals surface area (Å²) in [7, 11) is 0. The molecule has 1 N–H and O–H groups in total. The molecule has 7 nitrogen and oxygen atoms in total. The summed E-state index contributed by atoms with van der Waals surface area (Å²) in [5.74, 6) is 1.13. The number of rotatable bonds is 8. The summed E-state index contributed by atoms with van der Waals surface area (Å²) in [5.41, 5.74) is 2.12. The predicted octanol–water partition coefficient (Wildman–Crippen LogP) is 3.73. The third kappa shape index (κ3) is 4.16.